The monoisotopic (exact) mass is 355 g/mol. The molecule has 0 radical (unpaired) electrons. The van der Waals surface area contributed by atoms with E-state index < -0.39 is 0 Å². The molecule has 2 aliphatic heterocycles. The summed E-state index contributed by atoms with van der Waals surface area (Å²) >= 11 is 6.32. The molecular weight excluding hydrogens is 333 g/mol. The molecule has 3 heterocycles. The lowest BCUT2D eigenvalue weighted by Crippen LogP contribution is -2.49. The number of fused-ring (bicyclic) bond motifs is 1. The van der Waals surface area contributed by atoms with E-state index in [1.807, 2.05) is 18.2 Å². The first-order valence-corrected chi connectivity index (χ1v) is 8.52. The Balaban J connectivity index is 0.00000156. The summed E-state index contributed by atoms with van der Waals surface area (Å²) in [5.41, 5.74) is 2.03. The molecule has 0 saturated carbocycles. The molecule has 6 heteroatoms. The maximum Gasteiger partial charge on any atom is 0.199 e. The number of furan rings is 1. The SMILES string of the molecule is Cl.Clc1oc2ccccc2c1CN1CCC(N2CCNCC2)C1. The molecule has 1 aromatic carbocycles. The number of halogens is 2. The Kier molecular flexibility index (Phi) is 5.49. The number of nitrogens with one attached hydrogen (secondary N) is 1. The van der Waals surface area contributed by atoms with Crippen LogP contribution in [0, 0.1) is 0 Å². The average Bonchev–Trinajstić information content (AvgIpc) is 3.14. The Hall–Kier alpha value is -0.780. The number of benzene rings is 1. The zero-order valence-corrected chi connectivity index (χ0v) is 14.7. The van der Waals surface area contributed by atoms with Crippen LogP contribution in [0.4, 0.5) is 0 Å². The van der Waals surface area contributed by atoms with E-state index in [1.54, 1.807) is 0 Å². The van der Waals surface area contributed by atoms with Crippen LogP contribution in [0.2, 0.25) is 5.22 Å². The number of rotatable bonds is 3. The fourth-order valence-corrected chi connectivity index (χ4v) is 3.99. The molecule has 23 heavy (non-hydrogen) atoms. The summed E-state index contributed by atoms with van der Waals surface area (Å²) in [6.07, 6.45) is 1.26. The highest BCUT2D eigenvalue weighted by Crippen LogP contribution is 2.31. The van der Waals surface area contributed by atoms with Crippen molar-refractivity contribution in [2.45, 2.75) is 19.0 Å². The van der Waals surface area contributed by atoms with Crippen LogP contribution in [0.25, 0.3) is 11.0 Å². The smallest absolute Gasteiger partial charge is 0.199 e. The molecule has 4 rings (SSSR count). The molecule has 0 amide bonds. The van der Waals surface area contributed by atoms with Crippen molar-refractivity contribution in [3.8, 4) is 0 Å². The number of hydrogen-bond donors (Lipinski definition) is 1. The Morgan fingerprint density at radius 2 is 1.96 bits per heavy atom. The standard InChI is InChI=1S/C17H22ClN3O.ClH/c18-17-15(14-3-1-2-4-16(14)22-17)12-20-8-5-13(11-20)21-9-6-19-7-10-21;/h1-4,13,19H,5-12H2;1H. The highest BCUT2D eigenvalue weighted by molar-refractivity contribution is 6.30. The molecule has 0 bridgehead atoms. The van der Waals surface area contributed by atoms with Gasteiger partial charge in [0, 0.05) is 62.8 Å². The van der Waals surface area contributed by atoms with E-state index in [1.165, 1.54) is 19.5 Å². The van der Waals surface area contributed by atoms with E-state index in [9.17, 15) is 0 Å². The van der Waals surface area contributed by atoms with Crippen molar-refractivity contribution >= 4 is 35.0 Å². The van der Waals surface area contributed by atoms with Crippen molar-refractivity contribution in [1.29, 1.82) is 0 Å². The largest absolute Gasteiger partial charge is 0.444 e. The van der Waals surface area contributed by atoms with Crippen molar-refractivity contribution in [2.75, 3.05) is 39.3 Å². The first kappa shape index (κ1) is 17.1. The van der Waals surface area contributed by atoms with Crippen LogP contribution in [0.15, 0.2) is 28.7 Å². The zero-order chi connectivity index (χ0) is 14.9. The Morgan fingerprint density at radius 1 is 1.17 bits per heavy atom. The van der Waals surface area contributed by atoms with Crippen LogP contribution >= 0.6 is 24.0 Å². The molecule has 2 aliphatic rings. The third-order valence-corrected chi connectivity index (χ3v) is 5.25. The van der Waals surface area contributed by atoms with Crippen LogP contribution in [-0.4, -0.2) is 55.1 Å². The van der Waals surface area contributed by atoms with Gasteiger partial charge in [-0.15, -0.1) is 12.4 Å². The molecule has 1 unspecified atom stereocenters. The highest BCUT2D eigenvalue weighted by Gasteiger charge is 2.29. The zero-order valence-electron chi connectivity index (χ0n) is 13.1. The molecule has 2 saturated heterocycles. The van der Waals surface area contributed by atoms with Gasteiger partial charge in [0.15, 0.2) is 5.22 Å². The topological polar surface area (TPSA) is 31.7 Å². The van der Waals surface area contributed by atoms with Gasteiger partial charge in [0.1, 0.15) is 5.58 Å². The maximum atomic E-state index is 6.32. The molecular formula is C17H23Cl2N3O. The van der Waals surface area contributed by atoms with E-state index in [-0.39, 0.29) is 12.4 Å². The number of hydrogen-bond acceptors (Lipinski definition) is 4. The van der Waals surface area contributed by atoms with Gasteiger partial charge in [-0.1, -0.05) is 18.2 Å². The fraction of sp³-hybridized carbons (Fsp3) is 0.529. The lowest BCUT2D eigenvalue weighted by Gasteiger charge is -2.32. The van der Waals surface area contributed by atoms with E-state index in [0.29, 0.717) is 11.3 Å². The fourth-order valence-electron chi connectivity index (χ4n) is 3.74. The van der Waals surface area contributed by atoms with Crippen LogP contribution in [-0.2, 0) is 6.54 Å². The minimum absolute atomic E-state index is 0. The summed E-state index contributed by atoms with van der Waals surface area (Å²) in [4.78, 5) is 5.14. The highest BCUT2D eigenvalue weighted by atomic mass is 35.5. The Labute approximate surface area is 148 Å². The van der Waals surface area contributed by atoms with E-state index in [2.05, 4.69) is 21.2 Å². The first-order valence-electron chi connectivity index (χ1n) is 8.14. The van der Waals surface area contributed by atoms with E-state index in [0.717, 1.165) is 49.3 Å². The van der Waals surface area contributed by atoms with Gasteiger partial charge in [-0.3, -0.25) is 9.80 Å². The predicted molar refractivity (Wildman–Crippen MR) is 96.6 cm³/mol. The summed E-state index contributed by atoms with van der Waals surface area (Å²) < 4.78 is 5.67. The van der Waals surface area contributed by atoms with Gasteiger partial charge >= 0.3 is 0 Å². The van der Waals surface area contributed by atoms with Crippen molar-refractivity contribution in [3.05, 3.63) is 35.0 Å². The number of para-hydroxylation sites is 1. The summed E-state index contributed by atoms with van der Waals surface area (Å²) in [5, 5.41) is 5.13. The van der Waals surface area contributed by atoms with Crippen LogP contribution < -0.4 is 5.32 Å². The molecule has 1 atom stereocenters. The second-order valence-electron chi connectivity index (χ2n) is 6.31. The van der Waals surface area contributed by atoms with Crippen LogP contribution in [0.3, 0.4) is 0 Å². The minimum atomic E-state index is 0. The lowest BCUT2D eigenvalue weighted by atomic mass is 10.1. The number of nitrogens with zero attached hydrogens (tertiary/aromatic N) is 2. The van der Waals surface area contributed by atoms with Gasteiger partial charge in [-0.05, 0) is 24.1 Å². The Morgan fingerprint density at radius 3 is 2.78 bits per heavy atom. The first-order chi connectivity index (χ1) is 10.8. The van der Waals surface area contributed by atoms with Crippen LogP contribution in [0.5, 0.6) is 0 Å². The lowest BCUT2D eigenvalue weighted by molar-refractivity contribution is 0.170. The van der Waals surface area contributed by atoms with Gasteiger partial charge in [0.25, 0.3) is 0 Å². The quantitative estimate of drug-likeness (QED) is 0.916. The molecule has 0 spiro atoms. The van der Waals surface area contributed by atoms with Gasteiger partial charge < -0.3 is 9.73 Å². The molecule has 1 N–H and O–H groups in total. The molecule has 2 aromatic rings. The molecule has 1 aromatic heterocycles. The molecule has 4 nitrogen and oxygen atoms in total. The minimum Gasteiger partial charge on any atom is -0.444 e. The molecule has 126 valence electrons. The summed E-state index contributed by atoms with van der Waals surface area (Å²) in [6.45, 7) is 7.75. The second kappa shape index (κ2) is 7.41. The predicted octanol–water partition coefficient (Wildman–Crippen LogP) is 2.99. The van der Waals surface area contributed by atoms with Gasteiger partial charge in [-0.2, -0.15) is 0 Å². The second-order valence-corrected chi connectivity index (χ2v) is 6.66. The van der Waals surface area contributed by atoms with E-state index >= 15 is 0 Å². The third-order valence-electron chi connectivity index (χ3n) is 4.95. The van der Waals surface area contributed by atoms with E-state index in [4.69, 9.17) is 16.0 Å². The number of piperazine rings is 1. The van der Waals surface area contributed by atoms with Crippen molar-refractivity contribution in [2.24, 2.45) is 0 Å². The van der Waals surface area contributed by atoms with Gasteiger partial charge in [0.05, 0.1) is 0 Å². The number of likely N-dealkylation sites (tertiary alicyclic amines) is 1. The van der Waals surface area contributed by atoms with Crippen molar-refractivity contribution in [1.82, 2.24) is 15.1 Å². The van der Waals surface area contributed by atoms with Crippen molar-refractivity contribution in [3.63, 3.8) is 0 Å². The summed E-state index contributed by atoms with van der Waals surface area (Å²) in [5.74, 6) is 0. The van der Waals surface area contributed by atoms with Crippen molar-refractivity contribution < 1.29 is 4.42 Å². The third kappa shape index (κ3) is 3.52. The molecule has 2 fully saturated rings. The van der Waals surface area contributed by atoms with Crippen LogP contribution in [0.1, 0.15) is 12.0 Å². The van der Waals surface area contributed by atoms with Gasteiger partial charge in [-0.25, -0.2) is 0 Å². The molecule has 0 aliphatic carbocycles. The normalized spacial score (nSPS) is 23.3. The van der Waals surface area contributed by atoms with Gasteiger partial charge in [0.2, 0.25) is 0 Å². The summed E-state index contributed by atoms with van der Waals surface area (Å²) in [7, 11) is 0. The summed E-state index contributed by atoms with van der Waals surface area (Å²) in [6, 6.07) is 8.81. The maximum absolute atomic E-state index is 6.32. The Bertz CT molecular complexity index is 654. The average molecular weight is 356 g/mol.